The summed E-state index contributed by atoms with van der Waals surface area (Å²) in [6.45, 7) is 2.78. The highest BCUT2D eigenvalue weighted by molar-refractivity contribution is 14.1. The summed E-state index contributed by atoms with van der Waals surface area (Å²) >= 11 is 2.27. The second kappa shape index (κ2) is 6.34. The first kappa shape index (κ1) is 14.2. The van der Waals surface area contributed by atoms with E-state index in [1.54, 1.807) is 6.21 Å². The quantitative estimate of drug-likeness (QED) is 0.577. The zero-order chi connectivity index (χ0) is 14.7. The van der Waals surface area contributed by atoms with Crippen molar-refractivity contribution in [2.75, 3.05) is 13.4 Å². The van der Waals surface area contributed by atoms with Gasteiger partial charge in [0.25, 0.3) is 0 Å². The molecule has 1 aliphatic rings. The molecule has 0 amide bonds. The van der Waals surface area contributed by atoms with Crippen molar-refractivity contribution >= 4 is 34.5 Å². The smallest absolute Gasteiger partial charge is 0.231 e. The van der Waals surface area contributed by atoms with Gasteiger partial charge in [-0.25, -0.2) is 0 Å². The fraction of sp³-hybridized carbons (Fsp3) is 0.188. The highest BCUT2D eigenvalue weighted by Gasteiger charge is 2.17. The van der Waals surface area contributed by atoms with Crippen LogP contribution in [0.15, 0.2) is 41.4 Å². The molecule has 0 spiro atoms. The van der Waals surface area contributed by atoms with E-state index >= 15 is 0 Å². The van der Waals surface area contributed by atoms with Crippen molar-refractivity contribution in [3.63, 3.8) is 0 Å². The van der Waals surface area contributed by atoms with Gasteiger partial charge in [-0.15, -0.1) is 0 Å². The van der Waals surface area contributed by atoms with Crippen LogP contribution in [0.2, 0.25) is 0 Å². The molecule has 0 fully saturated rings. The van der Waals surface area contributed by atoms with Crippen LogP contribution in [0.3, 0.4) is 0 Å². The number of fused-ring (bicyclic) bond motifs is 1. The Morgan fingerprint density at radius 3 is 2.81 bits per heavy atom. The Bertz CT molecular complexity index is 685. The van der Waals surface area contributed by atoms with E-state index in [0.29, 0.717) is 12.4 Å². The maximum absolute atomic E-state index is 5.65. The first-order valence-electron chi connectivity index (χ1n) is 6.62. The third-order valence-electron chi connectivity index (χ3n) is 2.97. The molecule has 1 heterocycles. The van der Waals surface area contributed by atoms with Gasteiger partial charge in [0.1, 0.15) is 5.75 Å². The van der Waals surface area contributed by atoms with Gasteiger partial charge in [0.15, 0.2) is 11.5 Å². The number of hydrogen-bond donors (Lipinski definition) is 0. The molecule has 4 nitrogen and oxygen atoms in total. The molecule has 2 aromatic carbocycles. The Morgan fingerprint density at radius 1 is 1.24 bits per heavy atom. The van der Waals surface area contributed by atoms with E-state index in [0.717, 1.165) is 26.3 Å². The summed E-state index contributed by atoms with van der Waals surface area (Å²) in [5.41, 5.74) is 1.78. The fourth-order valence-corrected chi connectivity index (χ4v) is 2.55. The van der Waals surface area contributed by atoms with Crippen LogP contribution in [0.1, 0.15) is 12.5 Å². The molecule has 0 unspecified atom stereocenters. The van der Waals surface area contributed by atoms with Crippen molar-refractivity contribution in [2.45, 2.75) is 6.92 Å². The van der Waals surface area contributed by atoms with Crippen LogP contribution < -0.4 is 14.2 Å². The van der Waals surface area contributed by atoms with Gasteiger partial charge in [-0.1, -0.05) is 6.07 Å². The lowest BCUT2D eigenvalue weighted by molar-refractivity contribution is 0.174. The minimum Gasteiger partial charge on any atom is -0.493 e. The molecule has 0 aliphatic carbocycles. The molecule has 0 saturated heterocycles. The van der Waals surface area contributed by atoms with Crippen LogP contribution >= 0.6 is 22.6 Å². The van der Waals surface area contributed by atoms with Crippen LogP contribution in [0.25, 0.3) is 0 Å². The summed E-state index contributed by atoms with van der Waals surface area (Å²) in [5.74, 6) is 2.18. The largest absolute Gasteiger partial charge is 0.493 e. The third kappa shape index (κ3) is 3.29. The van der Waals surface area contributed by atoms with Crippen LogP contribution in [0.4, 0.5) is 5.69 Å². The van der Waals surface area contributed by atoms with Crippen molar-refractivity contribution in [3.05, 3.63) is 45.5 Å². The molecule has 5 heteroatoms. The monoisotopic (exact) mass is 395 g/mol. The SMILES string of the molecule is CCOc1cc2c(cc1C=Nc1cccc(I)c1)OCO2. The molecule has 21 heavy (non-hydrogen) atoms. The topological polar surface area (TPSA) is 40.0 Å². The number of ether oxygens (including phenoxy) is 3. The minimum atomic E-state index is 0.248. The van der Waals surface area contributed by atoms with Crippen LogP contribution in [-0.2, 0) is 0 Å². The van der Waals surface area contributed by atoms with Crippen LogP contribution in [0, 0.1) is 3.57 Å². The second-order valence-corrected chi connectivity index (χ2v) is 5.66. The molecule has 1 aliphatic heterocycles. The van der Waals surface area contributed by atoms with Gasteiger partial charge in [0.05, 0.1) is 12.3 Å². The number of nitrogens with zero attached hydrogens (tertiary/aromatic N) is 1. The summed E-state index contributed by atoms with van der Waals surface area (Å²) in [6, 6.07) is 11.7. The number of hydrogen-bond acceptors (Lipinski definition) is 4. The summed E-state index contributed by atoms with van der Waals surface area (Å²) in [5, 5.41) is 0. The van der Waals surface area contributed by atoms with Gasteiger partial charge in [-0.05, 0) is 53.8 Å². The first-order valence-corrected chi connectivity index (χ1v) is 7.70. The maximum atomic E-state index is 5.65. The fourth-order valence-electron chi connectivity index (χ4n) is 2.02. The van der Waals surface area contributed by atoms with Crippen molar-refractivity contribution < 1.29 is 14.2 Å². The van der Waals surface area contributed by atoms with Crippen molar-refractivity contribution in [1.29, 1.82) is 0 Å². The molecule has 0 atom stereocenters. The molecule has 0 aromatic heterocycles. The lowest BCUT2D eigenvalue weighted by Crippen LogP contribution is -1.96. The van der Waals surface area contributed by atoms with E-state index in [-0.39, 0.29) is 6.79 Å². The van der Waals surface area contributed by atoms with Gasteiger partial charge in [-0.3, -0.25) is 4.99 Å². The average Bonchev–Trinajstić information content (AvgIpc) is 2.92. The third-order valence-corrected chi connectivity index (χ3v) is 3.64. The summed E-state index contributed by atoms with van der Waals surface area (Å²) in [4.78, 5) is 4.50. The Balaban J connectivity index is 1.93. The van der Waals surface area contributed by atoms with Crippen LogP contribution in [-0.4, -0.2) is 19.6 Å². The number of halogens is 1. The first-order chi connectivity index (χ1) is 10.3. The van der Waals surface area contributed by atoms with Gasteiger partial charge >= 0.3 is 0 Å². The number of rotatable bonds is 4. The Morgan fingerprint density at radius 2 is 2.05 bits per heavy atom. The van der Waals surface area contributed by atoms with E-state index in [9.17, 15) is 0 Å². The highest BCUT2D eigenvalue weighted by atomic mass is 127. The Labute approximate surface area is 136 Å². The van der Waals surface area contributed by atoms with E-state index in [1.807, 2.05) is 43.3 Å². The van der Waals surface area contributed by atoms with E-state index in [1.165, 1.54) is 0 Å². The van der Waals surface area contributed by atoms with Crippen molar-refractivity contribution in [2.24, 2.45) is 4.99 Å². The zero-order valence-electron chi connectivity index (χ0n) is 11.5. The van der Waals surface area contributed by atoms with Gasteiger partial charge in [0.2, 0.25) is 6.79 Å². The highest BCUT2D eigenvalue weighted by Crippen LogP contribution is 2.37. The lowest BCUT2D eigenvalue weighted by atomic mass is 10.2. The number of aliphatic imine (C=N–C) groups is 1. The molecule has 0 radical (unpaired) electrons. The Hall–Kier alpha value is -1.76. The lowest BCUT2D eigenvalue weighted by Gasteiger charge is -2.08. The Kier molecular flexibility index (Phi) is 4.28. The maximum Gasteiger partial charge on any atom is 0.231 e. The summed E-state index contributed by atoms with van der Waals surface area (Å²) < 4.78 is 17.6. The molecule has 3 rings (SSSR count). The summed E-state index contributed by atoms with van der Waals surface area (Å²) in [6.07, 6.45) is 1.79. The summed E-state index contributed by atoms with van der Waals surface area (Å²) in [7, 11) is 0. The van der Waals surface area contributed by atoms with E-state index in [4.69, 9.17) is 14.2 Å². The average molecular weight is 395 g/mol. The standard InChI is InChI=1S/C16H14INO3/c1-2-19-14-8-16-15(20-10-21-16)6-11(14)9-18-13-5-3-4-12(17)7-13/h3-9H,2,10H2,1H3. The van der Waals surface area contributed by atoms with E-state index in [2.05, 4.69) is 27.6 Å². The van der Waals surface area contributed by atoms with E-state index < -0.39 is 0 Å². The molecule has 0 saturated carbocycles. The molecule has 2 aromatic rings. The minimum absolute atomic E-state index is 0.248. The van der Waals surface area contributed by atoms with Crippen LogP contribution in [0.5, 0.6) is 17.2 Å². The van der Waals surface area contributed by atoms with Gasteiger partial charge < -0.3 is 14.2 Å². The predicted molar refractivity (Wildman–Crippen MR) is 90.1 cm³/mol. The van der Waals surface area contributed by atoms with Crippen molar-refractivity contribution in [1.82, 2.24) is 0 Å². The molecule has 108 valence electrons. The molecule has 0 N–H and O–H groups in total. The van der Waals surface area contributed by atoms with Gasteiger partial charge in [0, 0.05) is 21.4 Å². The molecular weight excluding hydrogens is 381 g/mol. The second-order valence-electron chi connectivity index (χ2n) is 4.41. The molecule has 0 bridgehead atoms. The zero-order valence-corrected chi connectivity index (χ0v) is 13.7. The number of benzene rings is 2. The predicted octanol–water partition coefficient (Wildman–Crippen LogP) is 4.17. The molecular formula is C16H14INO3. The van der Waals surface area contributed by atoms with Crippen molar-refractivity contribution in [3.8, 4) is 17.2 Å². The normalized spacial score (nSPS) is 12.9. The van der Waals surface area contributed by atoms with Gasteiger partial charge in [-0.2, -0.15) is 0 Å².